The molecule has 1 saturated carbocycles. The van der Waals surface area contributed by atoms with Crippen LogP contribution in [0.25, 0.3) is 11.1 Å². The van der Waals surface area contributed by atoms with Crippen molar-refractivity contribution >= 4 is 11.9 Å². The molecule has 3 N–H and O–H groups in total. The van der Waals surface area contributed by atoms with Gasteiger partial charge in [-0.25, -0.2) is 0 Å². The molecule has 1 aliphatic rings. The number of carboxylic acids is 1. The first-order valence-electron chi connectivity index (χ1n) is 10.5. The van der Waals surface area contributed by atoms with E-state index in [-0.39, 0.29) is 12.3 Å². The molecule has 1 fully saturated rings. The maximum absolute atomic E-state index is 13.2. The summed E-state index contributed by atoms with van der Waals surface area (Å²) in [5, 5.41) is 26.5. The maximum atomic E-state index is 13.2. The molecule has 1 aromatic heterocycles. The van der Waals surface area contributed by atoms with Crippen molar-refractivity contribution in [2.75, 3.05) is 0 Å². The third kappa shape index (κ3) is 4.79. The lowest BCUT2D eigenvalue weighted by Crippen LogP contribution is -2.43. The zero-order valence-electron chi connectivity index (χ0n) is 17.1. The molecule has 1 unspecified atom stereocenters. The molecular formula is C23H25N5O3. The van der Waals surface area contributed by atoms with Crippen molar-refractivity contribution in [2.45, 2.75) is 44.6 Å². The molecule has 8 nitrogen and oxygen atoms in total. The third-order valence-corrected chi connectivity index (χ3v) is 6.01. The van der Waals surface area contributed by atoms with Crippen LogP contribution in [0.4, 0.5) is 0 Å². The Hall–Kier alpha value is -3.55. The van der Waals surface area contributed by atoms with Crippen LogP contribution in [-0.4, -0.2) is 37.6 Å². The van der Waals surface area contributed by atoms with Crippen LogP contribution in [0.5, 0.6) is 0 Å². The summed E-state index contributed by atoms with van der Waals surface area (Å²) in [4.78, 5) is 24.6. The number of tetrazole rings is 1. The molecule has 3 aromatic rings. The van der Waals surface area contributed by atoms with Crippen molar-refractivity contribution in [3.63, 3.8) is 0 Å². The van der Waals surface area contributed by atoms with E-state index < -0.39 is 17.4 Å². The molecular weight excluding hydrogens is 394 g/mol. The second kappa shape index (κ2) is 9.07. The fourth-order valence-electron chi connectivity index (χ4n) is 4.36. The van der Waals surface area contributed by atoms with Crippen LogP contribution in [0, 0.1) is 5.41 Å². The molecule has 0 radical (unpaired) electrons. The third-order valence-electron chi connectivity index (χ3n) is 6.01. The highest BCUT2D eigenvalue weighted by Crippen LogP contribution is 2.42. The summed E-state index contributed by atoms with van der Waals surface area (Å²) in [6, 6.07) is 17.7. The number of rotatable bonds is 8. The lowest BCUT2D eigenvalue weighted by Gasteiger charge is -2.28. The van der Waals surface area contributed by atoms with Gasteiger partial charge < -0.3 is 10.4 Å². The van der Waals surface area contributed by atoms with Crippen LogP contribution in [0.2, 0.25) is 0 Å². The van der Waals surface area contributed by atoms with Gasteiger partial charge in [-0.1, -0.05) is 72.7 Å². The Balaban J connectivity index is 1.52. The van der Waals surface area contributed by atoms with E-state index in [2.05, 4.69) is 38.1 Å². The Morgan fingerprint density at radius 1 is 1.03 bits per heavy atom. The minimum absolute atomic E-state index is 0.163. The lowest BCUT2D eigenvalue weighted by molar-refractivity contribution is -0.145. The predicted octanol–water partition coefficient (Wildman–Crippen LogP) is 3.30. The van der Waals surface area contributed by atoms with E-state index in [0.29, 0.717) is 25.1 Å². The second-order valence-electron chi connectivity index (χ2n) is 8.12. The average Bonchev–Trinajstić information content (AvgIpc) is 3.47. The molecule has 1 aliphatic carbocycles. The van der Waals surface area contributed by atoms with Crippen LogP contribution in [0.3, 0.4) is 0 Å². The number of nitrogens with one attached hydrogen (secondary N) is 2. The van der Waals surface area contributed by atoms with E-state index in [4.69, 9.17) is 0 Å². The van der Waals surface area contributed by atoms with Crippen molar-refractivity contribution in [1.29, 1.82) is 0 Å². The Labute approximate surface area is 180 Å². The van der Waals surface area contributed by atoms with Gasteiger partial charge in [0.2, 0.25) is 5.91 Å². The summed E-state index contributed by atoms with van der Waals surface area (Å²) in [5.41, 5.74) is 2.38. The van der Waals surface area contributed by atoms with Gasteiger partial charge in [-0.2, -0.15) is 5.21 Å². The van der Waals surface area contributed by atoms with Crippen LogP contribution < -0.4 is 5.32 Å². The van der Waals surface area contributed by atoms with E-state index >= 15 is 0 Å². The predicted molar refractivity (Wildman–Crippen MR) is 114 cm³/mol. The average molecular weight is 419 g/mol. The molecule has 4 rings (SSSR count). The Bertz CT molecular complexity index is 1010. The number of hydrogen-bond acceptors (Lipinski definition) is 5. The minimum Gasteiger partial charge on any atom is -0.481 e. The van der Waals surface area contributed by atoms with E-state index in [1.165, 1.54) is 0 Å². The van der Waals surface area contributed by atoms with Gasteiger partial charge in [-0.05, 0) is 29.5 Å². The first kappa shape index (κ1) is 20.7. The summed E-state index contributed by atoms with van der Waals surface area (Å²) in [6.07, 6.45) is 3.18. The van der Waals surface area contributed by atoms with Gasteiger partial charge in [-0.15, -0.1) is 10.2 Å². The minimum atomic E-state index is -0.954. The maximum Gasteiger partial charge on any atom is 0.304 e. The number of carbonyl (C=O) groups is 2. The number of aliphatic carboxylic acids is 1. The Kier molecular flexibility index (Phi) is 6.06. The van der Waals surface area contributed by atoms with Crippen LogP contribution in [0.1, 0.15) is 49.5 Å². The molecule has 1 amide bonds. The summed E-state index contributed by atoms with van der Waals surface area (Å²) < 4.78 is 0. The molecule has 1 atom stereocenters. The number of nitrogens with zero attached hydrogens (tertiary/aromatic N) is 3. The monoisotopic (exact) mass is 419 g/mol. The number of H-pyrrole nitrogens is 1. The SMILES string of the molecule is O=C(O)CC1(C(=O)NC(Cc2ccc(-c3ccccc3)cc2)c2nn[nH]n2)CCCC1. The van der Waals surface area contributed by atoms with Gasteiger partial charge in [0.25, 0.3) is 0 Å². The number of aromatic nitrogens is 4. The highest BCUT2D eigenvalue weighted by Gasteiger charge is 2.43. The summed E-state index contributed by atoms with van der Waals surface area (Å²) in [7, 11) is 0. The summed E-state index contributed by atoms with van der Waals surface area (Å²) in [5.74, 6) is -0.822. The number of aromatic amines is 1. The summed E-state index contributed by atoms with van der Waals surface area (Å²) >= 11 is 0. The largest absolute Gasteiger partial charge is 0.481 e. The van der Waals surface area contributed by atoms with E-state index in [0.717, 1.165) is 29.5 Å². The quantitative estimate of drug-likeness (QED) is 0.515. The smallest absolute Gasteiger partial charge is 0.304 e. The van der Waals surface area contributed by atoms with Gasteiger partial charge in [-0.3, -0.25) is 9.59 Å². The first-order valence-corrected chi connectivity index (χ1v) is 10.5. The van der Waals surface area contributed by atoms with E-state index in [9.17, 15) is 14.7 Å². The van der Waals surface area contributed by atoms with Gasteiger partial charge in [0.05, 0.1) is 17.9 Å². The van der Waals surface area contributed by atoms with Crippen LogP contribution in [-0.2, 0) is 16.0 Å². The normalized spacial score (nSPS) is 16.0. The zero-order valence-corrected chi connectivity index (χ0v) is 17.1. The molecule has 0 spiro atoms. The zero-order chi connectivity index (χ0) is 21.7. The molecule has 0 saturated heterocycles. The standard InChI is InChI=1S/C23H25N5O3/c29-20(30)15-23(12-4-5-13-23)22(31)24-19(21-25-27-28-26-21)14-16-8-10-18(11-9-16)17-6-2-1-3-7-17/h1-3,6-11,19H,4-5,12-15H2,(H,24,31)(H,29,30)(H,25,26,27,28). The highest BCUT2D eigenvalue weighted by atomic mass is 16.4. The van der Waals surface area contributed by atoms with Gasteiger partial charge in [0.1, 0.15) is 0 Å². The van der Waals surface area contributed by atoms with Crippen molar-refractivity contribution in [3.8, 4) is 11.1 Å². The molecule has 160 valence electrons. The first-order chi connectivity index (χ1) is 15.1. The molecule has 2 aromatic carbocycles. The second-order valence-corrected chi connectivity index (χ2v) is 8.12. The number of hydrogen-bond donors (Lipinski definition) is 3. The van der Waals surface area contributed by atoms with Gasteiger partial charge >= 0.3 is 5.97 Å². The fraction of sp³-hybridized carbons (Fsp3) is 0.348. The number of carbonyl (C=O) groups excluding carboxylic acids is 1. The number of amides is 1. The Morgan fingerprint density at radius 2 is 1.71 bits per heavy atom. The summed E-state index contributed by atoms with van der Waals surface area (Å²) in [6.45, 7) is 0. The van der Waals surface area contributed by atoms with Crippen molar-refractivity contribution in [3.05, 3.63) is 66.0 Å². The van der Waals surface area contributed by atoms with Crippen LogP contribution >= 0.6 is 0 Å². The molecule has 0 aliphatic heterocycles. The van der Waals surface area contributed by atoms with Crippen molar-refractivity contribution in [1.82, 2.24) is 25.9 Å². The fourth-order valence-corrected chi connectivity index (χ4v) is 4.36. The van der Waals surface area contributed by atoms with Gasteiger partial charge in [0, 0.05) is 6.42 Å². The van der Waals surface area contributed by atoms with Gasteiger partial charge in [0.15, 0.2) is 5.82 Å². The van der Waals surface area contributed by atoms with Crippen molar-refractivity contribution in [2.24, 2.45) is 5.41 Å². The lowest BCUT2D eigenvalue weighted by atomic mass is 9.81. The topological polar surface area (TPSA) is 121 Å². The molecule has 1 heterocycles. The molecule has 31 heavy (non-hydrogen) atoms. The van der Waals surface area contributed by atoms with Crippen LogP contribution in [0.15, 0.2) is 54.6 Å². The van der Waals surface area contributed by atoms with Crippen molar-refractivity contribution < 1.29 is 14.7 Å². The number of benzene rings is 2. The highest BCUT2D eigenvalue weighted by molar-refractivity contribution is 5.87. The number of carboxylic acid groups (broad SMARTS) is 1. The van der Waals surface area contributed by atoms with E-state index in [1.54, 1.807) is 0 Å². The Morgan fingerprint density at radius 3 is 2.32 bits per heavy atom. The molecule has 0 bridgehead atoms. The van der Waals surface area contributed by atoms with E-state index in [1.807, 2.05) is 42.5 Å². The molecule has 8 heteroatoms.